The van der Waals surface area contributed by atoms with Crippen molar-refractivity contribution < 1.29 is 9.59 Å². The molecule has 0 spiro atoms. The van der Waals surface area contributed by atoms with E-state index in [4.69, 9.17) is 0 Å². The highest BCUT2D eigenvalue weighted by molar-refractivity contribution is 6.31. The SMILES string of the molecule is CCC(C)CCC[N+](C)(C)c1cccc2c1C(=O)c1cccc(N(C)CCN(C)C)c1C2=O. The molecule has 2 aromatic rings. The molecular weight excluding hydrogens is 410 g/mol. The predicted octanol–water partition coefficient (Wildman–Crippen LogP) is 4.85. The van der Waals surface area contributed by atoms with Crippen molar-refractivity contribution in [3.8, 4) is 0 Å². The van der Waals surface area contributed by atoms with Crippen LogP contribution in [0.3, 0.4) is 0 Å². The van der Waals surface area contributed by atoms with Crippen LogP contribution in [-0.4, -0.2) is 71.3 Å². The first-order valence-corrected chi connectivity index (χ1v) is 12.1. The van der Waals surface area contributed by atoms with Crippen LogP contribution in [0.25, 0.3) is 0 Å². The predicted molar refractivity (Wildman–Crippen MR) is 139 cm³/mol. The van der Waals surface area contributed by atoms with Gasteiger partial charge in [-0.2, -0.15) is 0 Å². The van der Waals surface area contributed by atoms with Gasteiger partial charge in [-0.3, -0.25) is 14.1 Å². The highest BCUT2D eigenvalue weighted by Gasteiger charge is 2.38. The summed E-state index contributed by atoms with van der Waals surface area (Å²) >= 11 is 0. The molecule has 0 heterocycles. The monoisotopic (exact) mass is 450 g/mol. The van der Waals surface area contributed by atoms with Gasteiger partial charge in [-0.25, -0.2) is 0 Å². The van der Waals surface area contributed by atoms with Gasteiger partial charge in [0.15, 0.2) is 5.78 Å². The lowest BCUT2D eigenvalue weighted by Gasteiger charge is -2.33. The number of hydrogen-bond acceptors (Lipinski definition) is 4. The van der Waals surface area contributed by atoms with Gasteiger partial charge >= 0.3 is 0 Å². The maximum absolute atomic E-state index is 13.8. The van der Waals surface area contributed by atoms with Crippen LogP contribution in [0.4, 0.5) is 11.4 Å². The van der Waals surface area contributed by atoms with Gasteiger partial charge in [0, 0.05) is 37.0 Å². The van der Waals surface area contributed by atoms with Crippen molar-refractivity contribution in [1.82, 2.24) is 9.38 Å². The zero-order chi connectivity index (χ0) is 24.3. The minimum atomic E-state index is -0.0478. The van der Waals surface area contributed by atoms with Crippen LogP contribution in [0, 0.1) is 5.92 Å². The smallest absolute Gasteiger partial charge is 0.200 e. The number of anilines is 1. The Bertz CT molecular complexity index is 1030. The first kappa shape index (κ1) is 25.1. The minimum Gasteiger partial charge on any atom is -0.373 e. The second-order valence-electron chi connectivity index (χ2n) is 10.3. The quantitative estimate of drug-likeness (QED) is 0.414. The second kappa shape index (κ2) is 10.2. The first-order valence-electron chi connectivity index (χ1n) is 12.1. The number of ketones is 2. The number of quaternary nitrogens is 1. The zero-order valence-electron chi connectivity index (χ0n) is 21.4. The summed E-state index contributed by atoms with van der Waals surface area (Å²) in [7, 11) is 10.3. The summed E-state index contributed by atoms with van der Waals surface area (Å²) in [6.07, 6.45) is 3.44. The molecule has 2 aromatic carbocycles. The van der Waals surface area contributed by atoms with Gasteiger partial charge in [-0.1, -0.05) is 38.5 Å². The van der Waals surface area contributed by atoms with Gasteiger partial charge in [0.1, 0.15) is 5.69 Å². The van der Waals surface area contributed by atoms with Crippen LogP contribution >= 0.6 is 0 Å². The molecule has 0 N–H and O–H groups in total. The maximum Gasteiger partial charge on any atom is 0.200 e. The van der Waals surface area contributed by atoms with E-state index in [0.717, 1.165) is 37.4 Å². The normalized spacial score (nSPS) is 14.3. The first-order chi connectivity index (χ1) is 15.6. The fourth-order valence-electron chi connectivity index (χ4n) is 4.66. The average molecular weight is 451 g/mol. The number of fused-ring (bicyclic) bond motifs is 2. The van der Waals surface area contributed by atoms with E-state index in [2.05, 4.69) is 37.7 Å². The van der Waals surface area contributed by atoms with Crippen molar-refractivity contribution in [1.29, 1.82) is 0 Å². The van der Waals surface area contributed by atoms with Crippen LogP contribution in [0.1, 0.15) is 65.0 Å². The summed E-state index contributed by atoms with van der Waals surface area (Å²) in [5.41, 5.74) is 3.94. The lowest BCUT2D eigenvalue weighted by molar-refractivity contribution is 0.0978. The second-order valence-corrected chi connectivity index (χ2v) is 10.3. The third-order valence-corrected chi connectivity index (χ3v) is 7.09. The molecule has 33 heavy (non-hydrogen) atoms. The minimum absolute atomic E-state index is 0.0359. The largest absolute Gasteiger partial charge is 0.373 e. The molecule has 1 atom stereocenters. The van der Waals surface area contributed by atoms with E-state index in [1.807, 2.05) is 57.5 Å². The number of rotatable bonds is 10. The Hall–Kier alpha value is -2.50. The van der Waals surface area contributed by atoms with E-state index >= 15 is 0 Å². The third-order valence-electron chi connectivity index (χ3n) is 7.09. The Kier molecular flexibility index (Phi) is 7.76. The Morgan fingerprint density at radius 3 is 2.12 bits per heavy atom. The molecule has 0 saturated carbocycles. The van der Waals surface area contributed by atoms with Crippen LogP contribution < -0.4 is 9.38 Å². The Labute approximate surface area is 199 Å². The number of likely N-dealkylation sites (N-methyl/N-ethyl adjacent to an activating group) is 2. The van der Waals surface area contributed by atoms with E-state index < -0.39 is 0 Å². The summed E-state index contributed by atoms with van der Waals surface area (Å²) < 4.78 is 0.594. The molecule has 5 heteroatoms. The Balaban J connectivity index is 1.99. The number of nitrogens with zero attached hydrogens (tertiary/aromatic N) is 3. The lowest BCUT2D eigenvalue weighted by atomic mass is 9.81. The van der Waals surface area contributed by atoms with Crippen molar-refractivity contribution in [3.05, 3.63) is 58.7 Å². The topological polar surface area (TPSA) is 40.6 Å². The van der Waals surface area contributed by atoms with Crippen molar-refractivity contribution in [2.24, 2.45) is 5.92 Å². The van der Waals surface area contributed by atoms with Gasteiger partial charge in [0.25, 0.3) is 0 Å². The van der Waals surface area contributed by atoms with E-state index in [1.165, 1.54) is 12.8 Å². The molecule has 0 amide bonds. The van der Waals surface area contributed by atoms with Crippen LogP contribution in [0.2, 0.25) is 0 Å². The van der Waals surface area contributed by atoms with E-state index in [9.17, 15) is 9.59 Å². The van der Waals surface area contributed by atoms with Crippen LogP contribution in [-0.2, 0) is 0 Å². The standard InChI is InChI=1S/C28H40N3O2/c1-8-20(2)12-11-19-31(6,7)24-16-10-14-22-26(24)28(33)21-13-9-15-23(25(21)27(22)32)30(5)18-17-29(3)4/h9-10,13-16,20H,8,11-12,17-19H2,1-7H3/q+1. The Morgan fingerprint density at radius 1 is 0.879 bits per heavy atom. The molecule has 3 rings (SSSR count). The molecule has 178 valence electrons. The summed E-state index contributed by atoms with van der Waals surface area (Å²) in [5, 5.41) is 0. The lowest BCUT2D eigenvalue weighted by Crippen LogP contribution is -2.43. The van der Waals surface area contributed by atoms with Gasteiger partial charge < -0.3 is 9.80 Å². The van der Waals surface area contributed by atoms with Crippen LogP contribution in [0.15, 0.2) is 36.4 Å². The van der Waals surface area contributed by atoms with Crippen molar-refractivity contribution in [2.75, 3.05) is 59.8 Å². The van der Waals surface area contributed by atoms with Crippen LogP contribution in [0.5, 0.6) is 0 Å². The zero-order valence-corrected chi connectivity index (χ0v) is 21.4. The highest BCUT2D eigenvalue weighted by Crippen LogP contribution is 2.38. The van der Waals surface area contributed by atoms with Crippen molar-refractivity contribution in [2.45, 2.75) is 33.1 Å². The fraction of sp³-hybridized carbons (Fsp3) is 0.500. The molecular formula is C28H40N3O2+. The summed E-state index contributed by atoms with van der Waals surface area (Å²) in [6, 6.07) is 11.4. The summed E-state index contributed by atoms with van der Waals surface area (Å²) in [4.78, 5) is 31.7. The van der Waals surface area contributed by atoms with E-state index in [0.29, 0.717) is 32.7 Å². The van der Waals surface area contributed by atoms with Gasteiger partial charge in [0.2, 0.25) is 5.78 Å². The van der Waals surface area contributed by atoms with Gasteiger partial charge in [0.05, 0.1) is 31.8 Å². The number of carbonyl (C=O) groups excluding carboxylic acids is 2. The van der Waals surface area contributed by atoms with Gasteiger partial charge in [-0.05, 0) is 51.1 Å². The fourth-order valence-corrected chi connectivity index (χ4v) is 4.66. The molecule has 5 nitrogen and oxygen atoms in total. The molecule has 0 saturated heterocycles. The van der Waals surface area contributed by atoms with Crippen molar-refractivity contribution in [3.63, 3.8) is 0 Å². The van der Waals surface area contributed by atoms with E-state index in [-0.39, 0.29) is 11.6 Å². The Morgan fingerprint density at radius 2 is 1.48 bits per heavy atom. The number of benzene rings is 2. The van der Waals surface area contributed by atoms with Gasteiger partial charge in [-0.15, -0.1) is 0 Å². The maximum atomic E-state index is 13.8. The highest BCUT2D eigenvalue weighted by atomic mass is 16.1. The number of carbonyl (C=O) groups is 2. The molecule has 0 bridgehead atoms. The molecule has 1 aliphatic rings. The summed E-state index contributed by atoms with van der Waals surface area (Å²) in [6.45, 7) is 7.09. The molecule has 1 unspecified atom stereocenters. The van der Waals surface area contributed by atoms with Crippen molar-refractivity contribution >= 4 is 22.9 Å². The summed E-state index contributed by atoms with van der Waals surface area (Å²) in [5.74, 6) is 0.618. The molecule has 0 aliphatic heterocycles. The molecule has 0 fully saturated rings. The molecule has 1 aliphatic carbocycles. The van der Waals surface area contributed by atoms with E-state index in [1.54, 1.807) is 0 Å². The molecule has 0 aromatic heterocycles. The average Bonchev–Trinajstić information content (AvgIpc) is 2.79. The number of hydrogen-bond donors (Lipinski definition) is 0. The molecule has 0 radical (unpaired) electrons. The third kappa shape index (κ3) is 5.20.